The summed E-state index contributed by atoms with van der Waals surface area (Å²) < 4.78 is 5.44. The highest BCUT2D eigenvalue weighted by molar-refractivity contribution is 5.26. The summed E-state index contributed by atoms with van der Waals surface area (Å²) in [6.45, 7) is 3.54. The molecule has 4 heteroatoms. The zero-order chi connectivity index (χ0) is 18.0. The highest BCUT2D eigenvalue weighted by Gasteiger charge is 2.46. The predicted molar refractivity (Wildman–Crippen MR) is 102 cm³/mol. The van der Waals surface area contributed by atoms with Crippen molar-refractivity contribution in [2.45, 2.75) is 63.3 Å². The number of piperidine rings is 2. The molecule has 26 heavy (non-hydrogen) atoms. The van der Waals surface area contributed by atoms with Crippen LogP contribution in [0.4, 0.5) is 0 Å². The number of rotatable bonds is 5. The molecule has 0 saturated carbocycles. The van der Waals surface area contributed by atoms with E-state index < -0.39 is 5.60 Å². The molecule has 2 saturated heterocycles. The fraction of sp³-hybridized carbons (Fsp3) is 0.500. The SMILES string of the molecule is CCOc1ccc(C2(O)CC3CCCC(C2)N3Cc2ccccc2)cn1. The first-order chi connectivity index (χ1) is 12.7. The quantitative estimate of drug-likeness (QED) is 0.887. The van der Waals surface area contributed by atoms with Crippen LogP contribution >= 0.6 is 0 Å². The second-order valence-corrected chi connectivity index (χ2v) is 7.65. The average molecular weight is 352 g/mol. The van der Waals surface area contributed by atoms with Crippen molar-refractivity contribution in [1.82, 2.24) is 9.88 Å². The van der Waals surface area contributed by atoms with E-state index in [4.69, 9.17) is 4.74 Å². The summed E-state index contributed by atoms with van der Waals surface area (Å²) in [6.07, 6.45) is 6.95. The largest absolute Gasteiger partial charge is 0.478 e. The Balaban J connectivity index is 1.53. The van der Waals surface area contributed by atoms with Gasteiger partial charge in [0.05, 0.1) is 12.2 Å². The summed E-state index contributed by atoms with van der Waals surface area (Å²) >= 11 is 0. The topological polar surface area (TPSA) is 45.6 Å². The lowest BCUT2D eigenvalue weighted by Crippen LogP contribution is -2.56. The van der Waals surface area contributed by atoms with Crippen molar-refractivity contribution in [1.29, 1.82) is 0 Å². The van der Waals surface area contributed by atoms with E-state index in [1.165, 1.54) is 12.0 Å². The Morgan fingerprint density at radius 3 is 2.46 bits per heavy atom. The van der Waals surface area contributed by atoms with Crippen LogP contribution in [0.1, 0.15) is 50.2 Å². The number of aliphatic hydroxyl groups is 1. The first kappa shape index (κ1) is 17.5. The predicted octanol–water partition coefficient (Wildman–Crippen LogP) is 3.89. The van der Waals surface area contributed by atoms with Crippen molar-refractivity contribution in [2.24, 2.45) is 0 Å². The van der Waals surface area contributed by atoms with Crippen LogP contribution in [0.2, 0.25) is 0 Å². The Morgan fingerprint density at radius 1 is 1.12 bits per heavy atom. The molecule has 2 aromatic rings. The molecular weight excluding hydrogens is 324 g/mol. The van der Waals surface area contributed by atoms with Crippen molar-refractivity contribution < 1.29 is 9.84 Å². The van der Waals surface area contributed by atoms with Crippen LogP contribution in [0.3, 0.4) is 0 Å². The lowest BCUT2D eigenvalue weighted by Gasteiger charge is -2.52. The van der Waals surface area contributed by atoms with E-state index in [1.54, 1.807) is 6.20 Å². The zero-order valence-electron chi connectivity index (χ0n) is 15.5. The summed E-state index contributed by atoms with van der Waals surface area (Å²) in [5.74, 6) is 0.626. The second kappa shape index (κ2) is 7.37. The normalized spacial score (nSPS) is 28.7. The number of benzene rings is 1. The van der Waals surface area contributed by atoms with E-state index in [0.29, 0.717) is 24.6 Å². The third kappa shape index (κ3) is 3.49. The maximum absolute atomic E-state index is 11.4. The molecule has 0 spiro atoms. The second-order valence-electron chi connectivity index (χ2n) is 7.65. The average Bonchev–Trinajstić information content (AvgIpc) is 2.64. The van der Waals surface area contributed by atoms with E-state index >= 15 is 0 Å². The monoisotopic (exact) mass is 352 g/mol. The molecule has 1 aromatic carbocycles. The van der Waals surface area contributed by atoms with Gasteiger partial charge in [-0.3, -0.25) is 4.90 Å². The van der Waals surface area contributed by atoms with Crippen LogP contribution in [-0.2, 0) is 12.1 Å². The highest BCUT2D eigenvalue weighted by Crippen LogP contribution is 2.44. The van der Waals surface area contributed by atoms with Gasteiger partial charge in [-0.15, -0.1) is 0 Å². The van der Waals surface area contributed by atoms with Crippen LogP contribution in [-0.4, -0.2) is 33.7 Å². The molecular formula is C22H28N2O2. The summed E-state index contributed by atoms with van der Waals surface area (Å²) in [4.78, 5) is 6.99. The van der Waals surface area contributed by atoms with Gasteiger partial charge in [-0.25, -0.2) is 4.98 Å². The van der Waals surface area contributed by atoms with Gasteiger partial charge in [-0.05, 0) is 44.2 Å². The third-order valence-electron chi connectivity index (χ3n) is 5.93. The van der Waals surface area contributed by atoms with Gasteiger partial charge in [0.15, 0.2) is 0 Å². The van der Waals surface area contributed by atoms with Gasteiger partial charge in [0, 0.05) is 36.5 Å². The summed E-state index contributed by atoms with van der Waals surface area (Å²) in [6, 6.07) is 15.4. The number of aromatic nitrogens is 1. The minimum atomic E-state index is -0.777. The fourth-order valence-electron chi connectivity index (χ4n) is 4.70. The molecule has 1 aromatic heterocycles. The first-order valence-electron chi connectivity index (χ1n) is 9.79. The Bertz CT molecular complexity index is 703. The number of hydrogen-bond acceptors (Lipinski definition) is 4. The fourth-order valence-corrected chi connectivity index (χ4v) is 4.70. The van der Waals surface area contributed by atoms with Crippen LogP contribution in [0.5, 0.6) is 5.88 Å². The molecule has 2 atom stereocenters. The maximum atomic E-state index is 11.4. The molecule has 3 heterocycles. The molecule has 1 N–H and O–H groups in total. The van der Waals surface area contributed by atoms with Crippen LogP contribution in [0.25, 0.3) is 0 Å². The molecule has 2 aliphatic heterocycles. The van der Waals surface area contributed by atoms with Gasteiger partial charge in [-0.2, -0.15) is 0 Å². The van der Waals surface area contributed by atoms with Crippen molar-refractivity contribution in [3.05, 3.63) is 59.8 Å². The number of ether oxygens (including phenoxy) is 1. The molecule has 2 bridgehead atoms. The number of pyridine rings is 1. The minimum Gasteiger partial charge on any atom is -0.478 e. The van der Waals surface area contributed by atoms with Crippen LogP contribution in [0, 0.1) is 0 Å². The van der Waals surface area contributed by atoms with Crippen molar-refractivity contribution in [3.8, 4) is 5.88 Å². The highest BCUT2D eigenvalue weighted by atomic mass is 16.5. The van der Waals surface area contributed by atoms with Gasteiger partial charge in [-0.1, -0.05) is 36.8 Å². The molecule has 4 nitrogen and oxygen atoms in total. The van der Waals surface area contributed by atoms with Gasteiger partial charge < -0.3 is 9.84 Å². The van der Waals surface area contributed by atoms with E-state index in [1.807, 2.05) is 19.1 Å². The molecule has 2 fully saturated rings. The lowest BCUT2D eigenvalue weighted by molar-refractivity contribution is -0.100. The first-order valence-corrected chi connectivity index (χ1v) is 9.79. The molecule has 2 unspecified atom stereocenters. The Labute approximate surface area is 155 Å². The Kier molecular flexibility index (Phi) is 4.96. The van der Waals surface area contributed by atoms with Crippen molar-refractivity contribution in [3.63, 3.8) is 0 Å². The molecule has 0 radical (unpaired) electrons. The van der Waals surface area contributed by atoms with Gasteiger partial charge in [0.2, 0.25) is 5.88 Å². The Morgan fingerprint density at radius 2 is 1.85 bits per heavy atom. The maximum Gasteiger partial charge on any atom is 0.213 e. The summed E-state index contributed by atoms with van der Waals surface area (Å²) in [5, 5.41) is 11.4. The summed E-state index contributed by atoms with van der Waals surface area (Å²) in [5.41, 5.74) is 1.51. The van der Waals surface area contributed by atoms with Crippen molar-refractivity contribution >= 4 is 0 Å². The van der Waals surface area contributed by atoms with E-state index in [9.17, 15) is 5.11 Å². The smallest absolute Gasteiger partial charge is 0.213 e. The number of fused-ring (bicyclic) bond motifs is 2. The minimum absolute atomic E-state index is 0.430. The zero-order valence-corrected chi connectivity index (χ0v) is 15.5. The van der Waals surface area contributed by atoms with Gasteiger partial charge >= 0.3 is 0 Å². The third-order valence-corrected chi connectivity index (χ3v) is 5.93. The molecule has 0 aliphatic carbocycles. The Hall–Kier alpha value is -1.91. The molecule has 4 rings (SSSR count). The van der Waals surface area contributed by atoms with E-state index in [0.717, 1.165) is 37.8 Å². The molecule has 2 aliphatic rings. The van der Waals surface area contributed by atoms with E-state index in [-0.39, 0.29) is 0 Å². The molecule has 138 valence electrons. The lowest BCUT2D eigenvalue weighted by atomic mass is 9.72. The van der Waals surface area contributed by atoms with Gasteiger partial charge in [0.1, 0.15) is 0 Å². The number of nitrogens with zero attached hydrogens (tertiary/aromatic N) is 2. The van der Waals surface area contributed by atoms with Crippen molar-refractivity contribution in [2.75, 3.05) is 6.61 Å². The van der Waals surface area contributed by atoms with E-state index in [2.05, 4.69) is 40.2 Å². The molecule has 0 amide bonds. The van der Waals surface area contributed by atoms with Crippen LogP contribution in [0.15, 0.2) is 48.7 Å². The summed E-state index contributed by atoms with van der Waals surface area (Å²) in [7, 11) is 0. The van der Waals surface area contributed by atoms with Crippen LogP contribution < -0.4 is 4.74 Å². The van der Waals surface area contributed by atoms with Gasteiger partial charge in [0.25, 0.3) is 0 Å². The standard InChI is InChI=1S/C22H28N2O2/c1-2-26-21-12-11-18(15-23-21)22(25)13-19-9-6-10-20(14-22)24(19)16-17-7-4-3-5-8-17/h3-5,7-8,11-12,15,19-20,25H,2,6,9-10,13-14,16H2,1H3. The number of hydrogen-bond donors (Lipinski definition) is 1.